The molecule has 0 heterocycles. The van der Waals surface area contributed by atoms with Gasteiger partial charge in [0.1, 0.15) is 12.0 Å². The summed E-state index contributed by atoms with van der Waals surface area (Å²) < 4.78 is 5.31. The fourth-order valence-corrected chi connectivity index (χ4v) is 1.90. The van der Waals surface area contributed by atoms with E-state index in [0.717, 1.165) is 0 Å². The Bertz CT molecular complexity index is 674. The van der Waals surface area contributed by atoms with Crippen LogP contribution < -0.4 is 10.1 Å². The standard InChI is InChI=1S/C15H11Cl2NO3/c16-13-5-4-11(7-14(13)17)18-15(20)9-21-12-3-1-2-10(6-12)8-19/h1-8H,9H2,(H,18,20). The van der Waals surface area contributed by atoms with Gasteiger partial charge in [-0.2, -0.15) is 0 Å². The molecule has 1 amide bonds. The third-order valence-electron chi connectivity index (χ3n) is 2.57. The number of anilines is 1. The highest BCUT2D eigenvalue weighted by atomic mass is 35.5. The summed E-state index contributed by atoms with van der Waals surface area (Å²) in [6.07, 6.45) is 0.711. The predicted octanol–water partition coefficient (Wildman–Crippen LogP) is 3.82. The molecule has 6 heteroatoms. The third kappa shape index (κ3) is 4.48. The molecular weight excluding hydrogens is 313 g/mol. The molecule has 0 aliphatic carbocycles. The Labute approximate surface area is 131 Å². The number of rotatable bonds is 5. The molecule has 2 rings (SSSR count). The van der Waals surface area contributed by atoms with E-state index >= 15 is 0 Å². The van der Waals surface area contributed by atoms with Crippen LogP contribution in [-0.2, 0) is 4.79 Å². The first-order chi connectivity index (χ1) is 10.1. The number of halogens is 2. The van der Waals surface area contributed by atoms with Crippen molar-refractivity contribution >= 4 is 41.1 Å². The van der Waals surface area contributed by atoms with E-state index in [-0.39, 0.29) is 12.5 Å². The van der Waals surface area contributed by atoms with Crippen molar-refractivity contribution in [1.29, 1.82) is 0 Å². The quantitative estimate of drug-likeness (QED) is 0.851. The van der Waals surface area contributed by atoms with Gasteiger partial charge in [0.25, 0.3) is 5.91 Å². The summed E-state index contributed by atoms with van der Waals surface area (Å²) in [7, 11) is 0. The minimum atomic E-state index is -0.343. The minimum Gasteiger partial charge on any atom is -0.484 e. The van der Waals surface area contributed by atoms with Crippen LogP contribution in [-0.4, -0.2) is 18.8 Å². The smallest absolute Gasteiger partial charge is 0.262 e. The van der Waals surface area contributed by atoms with Gasteiger partial charge >= 0.3 is 0 Å². The molecule has 0 saturated heterocycles. The zero-order chi connectivity index (χ0) is 15.2. The van der Waals surface area contributed by atoms with E-state index in [2.05, 4.69) is 5.32 Å². The average molecular weight is 324 g/mol. The van der Waals surface area contributed by atoms with Crippen molar-refractivity contribution in [2.45, 2.75) is 0 Å². The zero-order valence-electron chi connectivity index (χ0n) is 10.8. The van der Waals surface area contributed by atoms with E-state index in [0.29, 0.717) is 33.3 Å². The van der Waals surface area contributed by atoms with Crippen molar-refractivity contribution in [3.05, 3.63) is 58.1 Å². The number of hydrogen-bond acceptors (Lipinski definition) is 3. The largest absolute Gasteiger partial charge is 0.484 e. The van der Waals surface area contributed by atoms with Gasteiger partial charge in [-0.15, -0.1) is 0 Å². The molecular formula is C15H11Cl2NO3. The van der Waals surface area contributed by atoms with E-state index in [1.54, 1.807) is 42.5 Å². The third-order valence-corrected chi connectivity index (χ3v) is 3.31. The van der Waals surface area contributed by atoms with Gasteiger partial charge < -0.3 is 10.1 Å². The summed E-state index contributed by atoms with van der Waals surface area (Å²) in [5.74, 6) is 0.105. The van der Waals surface area contributed by atoms with Gasteiger partial charge in [-0.1, -0.05) is 35.3 Å². The van der Waals surface area contributed by atoms with Gasteiger partial charge in [-0.05, 0) is 30.3 Å². The van der Waals surface area contributed by atoms with Crippen molar-refractivity contribution in [3.63, 3.8) is 0 Å². The molecule has 2 aromatic carbocycles. The molecule has 2 aromatic rings. The molecule has 0 atom stereocenters. The summed E-state index contributed by atoms with van der Waals surface area (Å²) in [6.45, 7) is -0.178. The predicted molar refractivity (Wildman–Crippen MR) is 82.4 cm³/mol. The molecule has 0 aliphatic rings. The van der Waals surface area contributed by atoms with E-state index in [9.17, 15) is 9.59 Å². The molecule has 0 unspecified atom stereocenters. The molecule has 0 saturated carbocycles. The fourth-order valence-electron chi connectivity index (χ4n) is 1.60. The van der Waals surface area contributed by atoms with Crippen LogP contribution >= 0.6 is 23.2 Å². The number of hydrogen-bond donors (Lipinski definition) is 1. The van der Waals surface area contributed by atoms with Crippen LogP contribution in [0.2, 0.25) is 10.0 Å². The normalized spacial score (nSPS) is 10.0. The van der Waals surface area contributed by atoms with Crippen molar-refractivity contribution in [3.8, 4) is 5.75 Å². The minimum absolute atomic E-state index is 0.178. The number of aldehydes is 1. The Kier molecular flexibility index (Phi) is 5.20. The second kappa shape index (κ2) is 7.11. The average Bonchev–Trinajstić information content (AvgIpc) is 2.49. The summed E-state index contributed by atoms with van der Waals surface area (Å²) in [4.78, 5) is 22.4. The first-order valence-electron chi connectivity index (χ1n) is 6.01. The highest BCUT2D eigenvalue weighted by Gasteiger charge is 2.06. The molecule has 0 aromatic heterocycles. The maximum atomic E-state index is 11.8. The number of amides is 1. The summed E-state index contributed by atoms with van der Waals surface area (Å²) in [5.41, 5.74) is 1.01. The van der Waals surface area contributed by atoms with Crippen LogP contribution in [0.25, 0.3) is 0 Å². The lowest BCUT2D eigenvalue weighted by Crippen LogP contribution is -2.20. The van der Waals surface area contributed by atoms with Crippen LogP contribution in [0.3, 0.4) is 0 Å². The molecule has 0 aliphatic heterocycles. The number of carbonyl (C=O) groups excluding carboxylic acids is 2. The van der Waals surface area contributed by atoms with Gasteiger partial charge in [-0.3, -0.25) is 9.59 Å². The van der Waals surface area contributed by atoms with E-state index in [4.69, 9.17) is 27.9 Å². The van der Waals surface area contributed by atoms with Crippen molar-refractivity contribution < 1.29 is 14.3 Å². The molecule has 1 N–H and O–H groups in total. The van der Waals surface area contributed by atoms with Crippen molar-refractivity contribution in [2.75, 3.05) is 11.9 Å². The monoisotopic (exact) mass is 323 g/mol. The Hall–Kier alpha value is -2.04. The van der Waals surface area contributed by atoms with Crippen LogP contribution in [0.1, 0.15) is 10.4 Å². The second-order valence-corrected chi connectivity index (χ2v) is 4.97. The van der Waals surface area contributed by atoms with Crippen molar-refractivity contribution in [1.82, 2.24) is 0 Å². The van der Waals surface area contributed by atoms with Crippen molar-refractivity contribution in [2.24, 2.45) is 0 Å². The van der Waals surface area contributed by atoms with Crippen LogP contribution in [0.4, 0.5) is 5.69 Å². The maximum Gasteiger partial charge on any atom is 0.262 e. The Balaban J connectivity index is 1.92. The highest BCUT2D eigenvalue weighted by molar-refractivity contribution is 6.42. The highest BCUT2D eigenvalue weighted by Crippen LogP contribution is 2.24. The van der Waals surface area contributed by atoms with Gasteiger partial charge in [0.05, 0.1) is 10.0 Å². The Morgan fingerprint density at radius 2 is 1.95 bits per heavy atom. The Morgan fingerprint density at radius 3 is 2.67 bits per heavy atom. The van der Waals surface area contributed by atoms with Gasteiger partial charge in [-0.25, -0.2) is 0 Å². The topological polar surface area (TPSA) is 55.4 Å². The van der Waals surface area contributed by atoms with E-state index < -0.39 is 0 Å². The summed E-state index contributed by atoms with van der Waals surface area (Å²) in [5, 5.41) is 3.40. The summed E-state index contributed by atoms with van der Waals surface area (Å²) >= 11 is 11.6. The maximum absolute atomic E-state index is 11.8. The first kappa shape index (κ1) is 15.4. The van der Waals surface area contributed by atoms with E-state index in [1.807, 2.05) is 0 Å². The number of benzene rings is 2. The Morgan fingerprint density at radius 1 is 1.14 bits per heavy atom. The molecule has 0 bridgehead atoms. The SMILES string of the molecule is O=Cc1cccc(OCC(=O)Nc2ccc(Cl)c(Cl)c2)c1. The van der Waals surface area contributed by atoms with Crippen LogP contribution in [0.5, 0.6) is 5.75 Å². The molecule has 4 nitrogen and oxygen atoms in total. The van der Waals surface area contributed by atoms with E-state index in [1.165, 1.54) is 0 Å². The number of carbonyl (C=O) groups is 2. The first-order valence-corrected chi connectivity index (χ1v) is 6.77. The van der Waals surface area contributed by atoms with Crippen LogP contribution in [0.15, 0.2) is 42.5 Å². The molecule has 0 fully saturated rings. The summed E-state index contributed by atoms with van der Waals surface area (Å²) in [6, 6.07) is 11.3. The molecule has 0 spiro atoms. The van der Waals surface area contributed by atoms with Gasteiger partial charge in [0.15, 0.2) is 6.61 Å². The van der Waals surface area contributed by atoms with Crippen LogP contribution in [0, 0.1) is 0 Å². The van der Waals surface area contributed by atoms with Gasteiger partial charge in [0.2, 0.25) is 0 Å². The fraction of sp³-hybridized carbons (Fsp3) is 0.0667. The lowest BCUT2D eigenvalue weighted by Gasteiger charge is -2.08. The lowest BCUT2D eigenvalue weighted by atomic mass is 10.2. The number of nitrogens with one attached hydrogen (secondary N) is 1. The second-order valence-electron chi connectivity index (χ2n) is 4.16. The molecule has 21 heavy (non-hydrogen) atoms. The molecule has 0 radical (unpaired) electrons. The number of ether oxygens (including phenoxy) is 1. The lowest BCUT2D eigenvalue weighted by molar-refractivity contribution is -0.118. The molecule has 108 valence electrons. The zero-order valence-corrected chi connectivity index (χ0v) is 12.3. The van der Waals surface area contributed by atoms with Gasteiger partial charge in [0, 0.05) is 11.3 Å².